The molecule has 0 radical (unpaired) electrons. The van der Waals surface area contributed by atoms with Gasteiger partial charge in [0.2, 0.25) is 17.7 Å². The van der Waals surface area contributed by atoms with Crippen molar-refractivity contribution >= 4 is 17.7 Å². The second kappa shape index (κ2) is 16.2. The van der Waals surface area contributed by atoms with Crippen LogP contribution in [0.3, 0.4) is 0 Å². The standard InChI is InChI=1S/C33H48N4O4/c1-6-23(3)29-33(40)37(5)30(24(4)7-2)32(39)36-27(22-25-14-9-8-10-15-25)31(38)35-19-13-17-26-16-11-12-18-28(26)41-21-20-34-29/h8-12,14-16,18,23-24,27,29-30,34H,6-7,13,17,19-22H2,1-5H3,(H,35,38)(H,36,39)/t23?,24?,27-,29+,30-/m1/s1. The number of nitrogens with zero attached hydrogens (tertiary/aromatic N) is 1. The average Bonchev–Trinajstić information content (AvgIpc) is 2.98. The van der Waals surface area contributed by atoms with Gasteiger partial charge in [-0.25, -0.2) is 0 Å². The lowest BCUT2D eigenvalue weighted by atomic mass is 9.93. The summed E-state index contributed by atoms with van der Waals surface area (Å²) in [6, 6.07) is 15.7. The zero-order valence-corrected chi connectivity index (χ0v) is 25.3. The molecule has 41 heavy (non-hydrogen) atoms. The molecule has 1 aliphatic rings. The van der Waals surface area contributed by atoms with E-state index in [1.807, 2.05) is 75.4 Å². The second-order valence-corrected chi connectivity index (χ2v) is 11.2. The Kier molecular flexibility index (Phi) is 12.7. The Hall–Kier alpha value is -3.39. The van der Waals surface area contributed by atoms with Crippen LogP contribution in [0, 0.1) is 11.8 Å². The van der Waals surface area contributed by atoms with Crippen LogP contribution in [0.2, 0.25) is 0 Å². The lowest BCUT2D eigenvalue weighted by molar-refractivity contribution is -0.144. The van der Waals surface area contributed by atoms with Crippen LogP contribution in [0.1, 0.15) is 58.1 Å². The Bertz CT molecular complexity index is 1130. The van der Waals surface area contributed by atoms with E-state index in [0.29, 0.717) is 32.5 Å². The van der Waals surface area contributed by atoms with Crippen LogP contribution < -0.4 is 20.7 Å². The van der Waals surface area contributed by atoms with E-state index in [4.69, 9.17) is 4.74 Å². The molecule has 1 heterocycles. The summed E-state index contributed by atoms with van der Waals surface area (Å²) in [6.07, 6.45) is 3.35. The van der Waals surface area contributed by atoms with Crippen molar-refractivity contribution < 1.29 is 19.1 Å². The topological polar surface area (TPSA) is 99.8 Å². The zero-order chi connectivity index (χ0) is 29.8. The minimum atomic E-state index is -0.766. The maximum atomic E-state index is 13.9. The van der Waals surface area contributed by atoms with Gasteiger partial charge in [0.05, 0.1) is 6.04 Å². The summed E-state index contributed by atoms with van der Waals surface area (Å²) in [5.74, 6) is 0.0886. The third-order valence-corrected chi connectivity index (χ3v) is 8.23. The number of nitrogens with one attached hydrogen (secondary N) is 3. The quantitative estimate of drug-likeness (QED) is 0.497. The van der Waals surface area contributed by atoms with Crippen molar-refractivity contribution in [2.45, 2.75) is 77.9 Å². The average molecular weight is 565 g/mol. The molecule has 3 N–H and O–H groups in total. The number of carbonyl (C=O) groups excluding carboxylic acids is 3. The van der Waals surface area contributed by atoms with Crippen LogP contribution >= 0.6 is 0 Å². The van der Waals surface area contributed by atoms with Gasteiger partial charge in [0, 0.05) is 26.6 Å². The summed E-state index contributed by atoms with van der Waals surface area (Å²) in [6.45, 7) is 9.47. The number of likely N-dealkylation sites (N-methyl/N-ethyl adjacent to an activating group) is 1. The maximum Gasteiger partial charge on any atom is 0.243 e. The zero-order valence-electron chi connectivity index (χ0n) is 25.3. The van der Waals surface area contributed by atoms with Crippen molar-refractivity contribution in [1.82, 2.24) is 20.9 Å². The van der Waals surface area contributed by atoms with E-state index in [1.165, 1.54) is 0 Å². The second-order valence-electron chi connectivity index (χ2n) is 11.2. The molecule has 0 aliphatic carbocycles. The van der Waals surface area contributed by atoms with Crippen molar-refractivity contribution in [3.05, 3.63) is 65.7 Å². The SMILES string of the molecule is CCC(C)[C@@H]1NCCOc2ccccc2CCCNC(=O)[C@@H](Cc2ccccc2)NC(=O)[C@@H](C(C)CC)N(C)C1=O. The summed E-state index contributed by atoms with van der Waals surface area (Å²) >= 11 is 0. The van der Waals surface area contributed by atoms with Gasteiger partial charge in [-0.2, -0.15) is 0 Å². The molecule has 224 valence electrons. The summed E-state index contributed by atoms with van der Waals surface area (Å²) in [7, 11) is 1.70. The van der Waals surface area contributed by atoms with E-state index < -0.39 is 18.1 Å². The molecule has 0 aromatic heterocycles. The predicted molar refractivity (Wildman–Crippen MR) is 163 cm³/mol. The van der Waals surface area contributed by atoms with E-state index in [1.54, 1.807) is 11.9 Å². The molecule has 0 saturated heterocycles. The number of aryl methyl sites for hydroxylation is 1. The Labute approximate surface area is 245 Å². The van der Waals surface area contributed by atoms with Crippen LogP contribution in [0.25, 0.3) is 0 Å². The smallest absolute Gasteiger partial charge is 0.243 e. The van der Waals surface area contributed by atoms with E-state index in [2.05, 4.69) is 22.9 Å². The van der Waals surface area contributed by atoms with E-state index in [-0.39, 0.29) is 29.6 Å². The van der Waals surface area contributed by atoms with Crippen molar-refractivity contribution in [1.29, 1.82) is 0 Å². The van der Waals surface area contributed by atoms with Gasteiger partial charge < -0.3 is 25.6 Å². The molecule has 5 atom stereocenters. The molecule has 8 heteroatoms. The molecular formula is C33H48N4O4. The molecular weight excluding hydrogens is 516 g/mol. The van der Waals surface area contributed by atoms with Crippen molar-refractivity contribution in [3.8, 4) is 5.75 Å². The van der Waals surface area contributed by atoms with Crippen LogP contribution in [-0.4, -0.2) is 67.5 Å². The molecule has 3 rings (SSSR count). The van der Waals surface area contributed by atoms with Crippen LogP contribution in [0.4, 0.5) is 0 Å². The number of hydrogen-bond donors (Lipinski definition) is 3. The number of fused-ring (bicyclic) bond motifs is 1. The van der Waals surface area contributed by atoms with E-state index >= 15 is 0 Å². The molecule has 1 aliphatic heterocycles. The minimum Gasteiger partial charge on any atom is -0.492 e. The van der Waals surface area contributed by atoms with Gasteiger partial charge in [-0.15, -0.1) is 0 Å². The van der Waals surface area contributed by atoms with Crippen molar-refractivity contribution in [3.63, 3.8) is 0 Å². The Balaban J connectivity index is 1.94. The van der Waals surface area contributed by atoms with Gasteiger partial charge in [0.1, 0.15) is 24.4 Å². The first-order chi connectivity index (χ1) is 19.8. The maximum absolute atomic E-state index is 13.9. The van der Waals surface area contributed by atoms with Gasteiger partial charge in [-0.05, 0) is 41.9 Å². The third-order valence-electron chi connectivity index (χ3n) is 8.23. The molecule has 2 aromatic rings. The highest BCUT2D eigenvalue weighted by molar-refractivity contribution is 5.93. The molecule has 2 unspecified atom stereocenters. The van der Waals surface area contributed by atoms with Crippen molar-refractivity contribution in [2.24, 2.45) is 11.8 Å². The lowest BCUT2D eigenvalue weighted by Gasteiger charge is -2.36. The number of carbonyl (C=O) groups is 3. The van der Waals surface area contributed by atoms with Gasteiger partial charge in [-0.3, -0.25) is 14.4 Å². The van der Waals surface area contributed by atoms with Crippen molar-refractivity contribution in [2.75, 3.05) is 26.7 Å². The number of para-hydroxylation sites is 1. The largest absolute Gasteiger partial charge is 0.492 e. The molecule has 3 amide bonds. The van der Waals surface area contributed by atoms with Gasteiger partial charge in [0.15, 0.2) is 0 Å². The Morgan fingerprint density at radius 2 is 1.59 bits per heavy atom. The van der Waals surface area contributed by atoms with Gasteiger partial charge in [-0.1, -0.05) is 89.1 Å². The number of hydrogen-bond acceptors (Lipinski definition) is 5. The number of rotatable bonds is 6. The molecule has 2 aromatic carbocycles. The molecule has 0 spiro atoms. The van der Waals surface area contributed by atoms with Crippen LogP contribution in [0.15, 0.2) is 54.6 Å². The molecule has 0 saturated carbocycles. The fraction of sp³-hybridized carbons (Fsp3) is 0.545. The fourth-order valence-corrected chi connectivity index (χ4v) is 5.32. The molecule has 8 nitrogen and oxygen atoms in total. The number of benzene rings is 2. The van der Waals surface area contributed by atoms with E-state index in [9.17, 15) is 14.4 Å². The van der Waals surface area contributed by atoms with Crippen LogP contribution in [-0.2, 0) is 27.2 Å². The summed E-state index contributed by atoms with van der Waals surface area (Å²) in [4.78, 5) is 42.8. The van der Waals surface area contributed by atoms with Gasteiger partial charge in [0.25, 0.3) is 0 Å². The summed E-state index contributed by atoms with van der Waals surface area (Å²) in [5.41, 5.74) is 2.02. The first-order valence-electron chi connectivity index (χ1n) is 15.1. The monoisotopic (exact) mass is 564 g/mol. The fourth-order valence-electron chi connectivity index (χ4n) is 5.32. The van der Waals surface area contributed by atoms with E-state index in [0.717, 1.165) is 36.1 Å². The van der Waals surface area contributed by atoms with Crippen LogP contribution in [0.5, 0.6) is 5.75 Å². The third kappa shape index (κ3) is 9.05. The van der Waals surface area contributed by atoms with Gasteiger partial charge >= 0.3 is 0 Å². The molecule has 0 bridgehead atoms. The lowest BCUT2D eigenvalue weighted by Crippen LogP contribution is -2.59. The summed E-state index contributed by atoms with van der Waals surface area (Å²) in [5, 5.41) is 9.47. The first kappa shape index (κ1) is 32.1. The number of amides is 3. The highest BCUT2D eigenvalue weighted by Gasteiger charge is 2.37. The Morgan fingerprint density at radius 1 is 0.902 bits per heavy atom. The molecule has 0 fully saturated rings. The first-order valence-corrected chi connectivity index (χ1v) is 15.1. The summed E-state index contributed by atoms with van der Waals surface area (Å²) < 4.78 is 6.12. The highest BCUT2D eigenvalue weighted by atomic mass is 16.5. The Morgan fingerprint density at radius 3 is 2.29 bits per heavy atom. The predicted octanol–water partition coefficient (Wildman–Crippen LogP) is 3.73. The minimum absolute atomic E-state index is 0.0556. The normalized spacial score (nSPS) is 23.2. The highest BCUT2D eigenvalue weighted by Crippen LogP contribution is 2.21. The number of ether oxygens (including phenoxy) is 1.